The van der Waals surface area contributed by atoms with Gasteiger partial charge in [-0.3, -0.25) is 0 Å². The Kier molecular flexibility index (Phi) is 5.85. The lowest BCUT2D eigenvalue weighted by Gasteiger charge is -2.21. The van der Waals surface area contributed by atoms with Gasteiger partial charge in [-0.15, -0.1) is 0 Å². The smallest absolute Gasteiger partial charge is 0.224 e. The Morgan fingerprint density at radius 3 is 2.67 bits per heavy atom. The lowest BCUT2D eigenvalue weighted by atomic mass is 10.1. The Morgan fingerprint density at radius 1 is 1.39 bits per heavy atom. The number of hydrogen-bond donors (Lipinski definition) is 3. The van der Waals surface area contributed by atoms with E-state index in [-0.39, 0.29) is 12.6 Å². The number of aliphatic hydroxyl groups excluding tert-OH is 1. The van der Waals surface area contributed by atoms with Crippen LogP contribution in [0.3, 0.4) is 0 Å². The molecule has 1 aromatic rings. The van der Waals surface area contributed by atoms with Crippen molar-refractivity contribution >= 4 is 11.8 Å². The number of aromatic nitrogens is 2. The molecule has 0 radical (unpaired) electrons. The average molecular weight is 252 g/mol. The summed E-state index contributed by atoms with van der Waals surface area (Å²) in [5, 5.41) is 15.8. The highest BCUT2D eigenvalue weighted by atomic mass is 16.3. The van der Waals surface area contributed by atoms with Gasteiger partial charge in [-0.1, -0.05) is 20.8 Å². The minimum Gasteiger partial charge on any atom is -0.394 e. The number of anilines is 2. The quantitative estimate of drug-likeness (QED) is 0.692. The van der Waals surface area contributed by atoms with Crippen molar-refractivity contribution in [1.29, 1.82) is 0 Å². The van der Waals surface area contributed by atoms with Gasteiger partial charge in [0.1, 0.15) is 5.82 Å². The van der Waals surface area contributed by atoms with Gasteiger partial charge >= 0.3 is 0 Å². The molecule has 0 saturated heterocycles. The first-order chi connectivity index (χ1) is 8.58. The zero-order valence-corrected chi connectivity index (χ0v) is 11.7. The molecule has 5 nitrogen and oxygen atoms in total. The molecule has 1 rings (SSSR count). The molecule has 18 heavy (non-hydrogen) atoms. The Hall–Kier alpha value is -1.36. The molecule has 0 aliphatic rings. The summed E-state index contributed by atoms with van der Waals surface area (Å²) in [7, 11) is 0. The summed E-state index contributed by atoms with van der Waals surface area (Å²) >= 11 is 0. The van der Waals surface area contributed by atoms with Crippen molar-refractivity contribution in [1.82, 2.24) is 9.97 Å². The van der Waals surface area contributed by atoms with Crippen molar-refractivity contribution in [2.45, 2.75) is 40.2 Å². The molecule has 0 aromatic carbocycles. The zero-order valence-electron chi connectivity index (χ0n) is 11.7. The molecule has 1 atom stereocenters. The van der Waals surface area contributed by atoms with E-state index in [1.54, 1.807) is 6.20 Å². The van der Waals surface area contributed by atoms with Gasteiger partial charge in [0.2, 0.25) is 5.95 Å². The molecule has 0 fully saturated rings. The fraction of sp³-hybridized carbons (Fsp3) is 0.692. The highest BCUT2D eigenvalue weighted by Crippen LogP contribution is 2.16. The second-order valence-electron chi connectivity index (χ2n) is 4.83. The average Bonchev–Trinajstić information content (AvgIpc) is 2.35. The van der Waals surface area contributed by atoms with Crippen LogP contribution in [0.1, 0.15) is 32.8 Å². The van der Waals surface area contributed by atoms with Crippen LogP contribution in [0.2, 0.25) is 0 Å². The van der Waals surface area contributed by atoms with Crippen LogP contribution in [0.15, 0.2) is 6.20 Å². The number of aryl methyl sites for hydroxylation is 1. The summed E-state index contributed by atoms with van der Waals surface area (Å²) in [5.41, 5.74) is 0.983. The maximum Gasteiger partial charge on any atom is 0.224 e. The van der Waals surface area contributed by atoms with E-state index in [2.05, 4.69) is 41.4 Å². The van der Waals surface area contributed by atoms with Crippen molar-refractivity contribution in [3.8, 4) is 0 Å². The maximum absolute atomic E-state index is 9.34. The molecule has 1 unspecified atom stereocenters. The third kappa shape index (κ3) is 4.14. The summed E-state index contributed by atoms with van der Waals surface area (Å²) in [6.07, 6.45) is 2.83. The van der Waals surface area contributed by atoms with Crippen LogP contribution in [0.5, 0.6) is 0 Å². The monoisotopic (exact) mass is 252 g/mol. The van der Waals surface area contributed by atoms with Crippen molar-refractivity contribution < 1.29 is 5.11 Å². The minimum absolute atomic E-state index is 0.0117. The largest absolute Gasteiger partial charge is 0.394 e. The highest BCUT2D eigenvalue weighted by Gasteiger charge is 2.14. The molecule has 5 heteroatoms. The van der Waals surface area contributed by atoms with Crippen LogP contribution < -0.4 is 10.6 Å². The SMILES string of the molecule is CCCNc1ncc(C)c(NC(CO)C(C)C)n1. The first-order valence-electron chi connectivity index (χ1n) is 6.53. The van der Waals surface area contributed by atoms with E-state index in [4.69, 9.17) is 0 Å². The summed E-state index contributed by atoms with van der Waals surface area (Å²) in [6, 6.07) is 0.0117. The summed E-state index contributed by atoms with van der Waals surface area (Å²) in [5.74, 6) is 1.76. The molecule has 1 heterocycles. The van der Waals surface area contributed by atoms with Gasteiger partial charge in [0.25, 0.3) is 0 Å². The van der Waals surface area contributed by atoms with Crippen LogP contribution in [0, 0.1) is 12.8 Å². The van der Waals surface area contributed by atoms with E-state index in [9.17, 15) is 5.11 Å². The molecule has 0 bridgehead atoms. The van der Waals surface area contributed by atoms with E-state index in [1.807, 2.05) is 6.92 Å². The molecule has 0 spiro atoms. The summed E-state index contributed by atoms with van der Waals surface area (Å²) < 4.78 is 0. The lowest BCUT2D eigenvalue weighted by molar-refractivity contribution is 0.249. The topological polar surface area (TPSA) is 70.1 Å². The molecule has 0 aliphatic heterocycles. The second kappa shape index (κ2) is 7.16. The van der Waals surface area contributed by atoms with Gasteiger partial charge in [0.15, 0.2) is 0 Å². The number of rotatable bonds is 7. The van der Waals surface area contributed by atoms with E-state index < -0.39 is 0 Å². The van der Waals surface area contributed by atoms with Crippen LogP contribution >= 0.6 is 0 Å². The third-order valence-corrected chi connectivity index (χ3v) is 2.83. The number of hydrogen-bond acceptors (Lipinski definition) is 5. The van der Waals surface area contributed by atoms with Crippen LogP contribution in [-0.2, 0) is 0 Å². The first-order valence-corrected chi connectivity index (χ1v) is 6.53. The van der Waals surface area contributed by atoms with Crippen molar-refractivity contribution in [2.75, 3.05) is 23.8 Å². The number of nitrogens with zero attached hydrogens (tertiary/aromatic N) is 2. The predicted octanol–water partition coefficient (Wildman–Crippen LogP) is 2.04. The van der Waals surface area contributed by atoms with E-state index in [1.165, 1.54) is 0 Å². The standard InChI is InChI=1S/C13H24N4O/c1-5-6-14-13-15-7-10(4)12(17-13)16-11(8-18)9(2)3/h7,9,11,18H,5-6,8H2,1-4H3,(H2,14,15,16,17). The molecule has 3 N–H and O–H groups in total. The Balaban J connectivity index is 2.79. The van der Waals surface area contributed by atoms with Crippen LogP contribution in [0.25, 0.3) is 0 Å². The van der Waals surface area contributed by atoms with E-state index in [0.29, 0.717) is 11.9 Å². The van der Waals surface area contributed by atoms with E-state index >= 15 is 0 Å². The minimum atomic E-state index is 0.0117. The maximum atomic E-state index is 9.34. The van der Waals surface area contributed by atoms with Crippen LogP contribution in [0.4, 0.5) is 11.8 Å². The molecular formula is C13H24N4O. The highest BCUT2D eigenvalue weighted by molar-refractivity contribution is 5.47. The second-order valence-corrected chi connectivity index (χ2v) is 4.83. The lowest BCUT2D eigenvalue weighted by Crippen LogP contribution is -2.30. The molecule has 0 saturated carbocycles. The summed E-state index contributed by atoms with van der Waals surface area (Å²) in [4.78, 5) is 8.67. The molecule has 0 amide bonds. The molecule has 102 valence electrons. The normalized spacial score (nSPS) is 12.6. The van der Waals surface area contributed by atoms with Gasteiger partial charge in [0.05, 0.1) is 12.6 Å². The van der Waals surface area contributed by atoms with Crippen molar-refractivity contribution in [2.24, 2.45) is 5.92 Å². The summed E-state index contributed by atoms with van der Waals surface area (Å²) in [6.45, 7) is 9.15. The van der Waals surface area contributed by atoms with Crippen molar-refractivity contribution in [3.63, 3.8) is 0 Å². The van der Waals surface area contributed by atoms with Gasteiger partial charge < -0.3 is 15.7 Å². The molecule has 0 aliphatic carbocycles. The first kappa shape index (κ1) is 14.7. The third-order valence-electron chi connectivity index (χ3n) is 2.83. The van der Waals surface area contributed by atoms with Crippen LogP contribution in [-0.4, -0.2) is 34.3 Å². The van der Waals surface area contributed by atoms with Gasteiger partial charge in [-0.25, -0.2) is 4.98 Å². The van der Waals surface area contributed by atoms with Gasteiger partial charge in [0, 0.05) is 18.3 Å². The molecular weight excluding hydrogens is 228 g/mol. The fourth-order valence-electron chi connectivity index (χ4n) is 1.51. The van der Waals surface area contributed by atoms with Crippen molar-refractivity contribution in [3.05, 3.63) is 11.8 Å². The number of aliphatic hydroxyl groups is 1. The fourth-order valence-corrected chi connectivity index (χ4v) is 1.51. The van der Waals surface area contributed by atoms with Gasteiger partial charge in [-0.2, -0.15) is 4.98 Å². The Labute approximate surface area is 109 Å². The molecule has 1 aromatic heterocycles. The Bertz CT molecular complexity index is 368. The van der Waals surface area contributed by atoms with E-state index in [0.717, 1.165) is 24.3 Å². The van der Waals surface area contributed by atoms with Gasteiger partial charge in [-0.05, 0) is 19.3 Å². The zero-order chi connectivity index (χ0) is 13.5. The number of nitrogens with one attached hydrogen (secondary N) is 2. The predicted molar refractivity (Wildman–Crippen MR) is 74.9 cm³/mol. The Morgan fingerprint density at radius 2 is 2.11 bits per heavy atom.